The molecule has 18 heavy (non-hydrogen) atoms. The van der Waals surface area contributed by atoms with E-state index < -0.39 is 6.04 Å². The molecule has 0 bridgehead atoms. The molecule has 0 radical (unpaired) electrons. The first kappa shape index (κ1) is 12.6. The van der Waals surface area contributed by atoms with Crippen LogP contribution >= 0.6 is 0 Å². The summed E-state index contributed by atoms with van der Waals surface area (Å²) >= 11 is 0. The van der Waals surface area contributed by atoms with Crippen LogP contribution in [0.15, 0.2) is 24.4 Å². The lowest BCUT2D eigenvalue weighted by Gasteiger charge is -2.16. The lowest BCUT2D eigenvalue weighted by atomic mass is 9.97. The average Bonchev–Trinajstić information content (AvgIpc) is 2.27. The molecular weight excluding hydrogens is 229 g/mol. The fourth-order valence-corrected chi connectivity index (χ4v) is 2.12. The molecule has 1 unspecified atom stereocenters. The Morgan fingerprint density at radius 2 is 1.94 bits per heavy atom. The number of benzene rings is 1. The van der Waals surface area contributed by atoms with Crippen LogP contribution in [-0.2, 0) is 0 Å². The smallest absolute Gasteiger partial charge is 0.128 e. The van der Waals surface area contributed by atoms with E-state index in [1.807, 2.05) is 19.9 Å². The number of aryl methyl sites for hydroxylation is 3. The van der Waals surface area contributed by atoms with Gasteiger partial charge in [0.2, 0.25) is 0 Å². The van der Waals surface area contributed by atoms with Gasteiger partial charge >= 0.3 is 0 Å². The molecule has 1 aromatic heterocycles. The summed E-state index contributed by atoms with van der Waals surface area (Å²) in [5, 5.41) is 0. The van der Waals surface area contributed by atoms with Crippen molar-refractivity contribution in [3.63, 3.8) is 0 Å². The fraction of sp³-hybridized carbons (Fsp3) is 0.286. The second-order valence-corrected chi connectivity index (χ2v) is 4.48. The van der Waals surface area contributed by atoms with Crippen LogP contribution in [0.4, 0.5) is 4.39 Å². The van der Waals surface area contributed by atoms with Gasteiger partial charge in [0.15, 0.2) is 0 Å². The Morgan fingerprint density at radius 3 is 2.56 bits per heavy atom. The molecular formula is C14H16FN3. The summed E-state index contributed by atoms with van der Waals surface area (Å²) in [6.45, 7) is 5.51. The first-order valence-corrected chi connectivity index (χ1v) is 5.81. The van der Waals surface area contributed by atoms with Crippen molar-refractivity contribution in [3.05, 3.63) is 58.4 Å². The summed E-state index contributed by atoms with van der Waals surface area (Å²) in [5.74, 6) is 0.351. The van der Waals surface area contributed by atoms with Gasteiger partial charge in [-0.05, 0) is 44.0 Å². The van der Waals surface area contributed by atoms with Crippen molar-refractivity contribution >= 4 is 0 Å². The maximum atomic E-state index is 14.0. The van der Waals surface area contributed by atoms with Crippen LogP contribution < -0.4 is 5.73 Å². The number of hydrogen-bond donors (Lipinski definition) is 1. The number of aromatic nitrogens is 2. The highest BCUT2D eigenvalue weighted by Crippen LogP contribution is 2.25. The summed E-state index contributed by atoms with van der Waals surface area (Å²) < 4.78 is 14.0. The Morgan fingerprint density at radius 1 is 1.22 bits per heavy atom. The topological polar surface area (TPSA) is 51.8 Å². The van der Waals surface area contributed by atoms with Crippen LogP contribution in [-0.4, -0.2) is 9.97 Å². The van der Waals surface area contributed by atoms with Crippen molar-refractivity contribution in [2.24, 2.45) is 5.73 Å². The van der Waals surface area contributed by atoms with Gasteiger partial charge in [0.05, 0.1) is 11.7 Å². The first-order valence-electron chi connectivity index (χ1n) is 5.81. The molecule has 2 N–H and O–H groups in total. The van der Waals surface area contributed by atoms with Crippen LogP contribution in [0.5, 0.6) is 0 Å². The third-order valence-corrected chi connectivity index (χ3v) is 2.91. The third kappa shape index (κ3) is 2.38. The number of nitrogens with zero attached hydrogens (tertiary/aromatic N) is 2. The number of rotatable bonds is 2. The van der Waals surface area contributed by atoms with Gasteiger partial charge in [-0.1, -0.05) is 6.07 Å². The molecule has 0 fully saturated rings. The zero-order valence-electron chi connectivity index (χ0n) is 10.7. The average molecular weight is 245 g/mol. The zero-order chi connectivity index (χ0) is 13.3. The van der Waals surface area contributed by atoms with E-state index >= 15 is 0 Å². The van der Waals surface area contributed by atoms with Crippen molar-refractivity contribution in [1.29, 1.82) is 0 Å². The van der Waals surface area contributed by atoms with E-state index in [-0.39, 0.29) is 5.82 Å². The molecule has 1 atom stereocenters. The Balaban J connectivity index is 2.49. The molecule has 0 aliphatic rings. The molecule has 1 aromatic carbocycles. The summed E-state index contributed by atoms with van der Waals surface area (Å²) in [7, 11) is 0. The maximum Gasteiger partial charge on any atom is 0.128 e. The van der Waals surface area contributed by atoms with E-state index in [1.165, 1.54) is 6.07 Å². The zero-order valence-corrected chi connectivity index (χ0v) is 10.7. The summed E-state index contributed by atoms with van der Waals surface area (Å²) in [6, 6.07) is 4.58. The quantitative estimate of drug-likeness (QED) is 0.884. The summed E-state index contributed by atoms with van der Waals surface area (Å²) in [6.07, 6.45) is 1.64. The van der Waals surface area contributed by atoms with Crippen LogP contribution in [0.3, 0.4) is 0 Å². The lowest BCUT2D eigenvalue weighted by Crippen LogP contribution is -2.17. The molecule has 1 heterocycles. The molecule has 0 spiro atoms. The molecule has 2 aromatic rings. The van der Waals surface area contributed by atoms with Crippen LogP contribution in [0.2, 0.25) is 0 Å². The molecule has 0 saturated heterocycles. The van der Waals surface area contributed by atoms with E-state index in [0.29, 0.717) is 17.1 Å². The van der Waals surface area contributed by atoms with E-state index in [9.17, 15) is 4.39 Å². The van der Waals surface area contributed by atoms with Gasteiger partial charge in [-0.2, -0.15) is 0 Å². The number of nitrogens with two attached hydrogens (primary N) is 1. The van der Waals surface area contributed by atoms with E-state index in [1.54, 1.807) is 19.2 Å². The van der Waals surface area contributed by atoms with Gasteiger partial charge < -0.3 is 5.73 Å². The summed E-state index contributed by atoms with van der Waals surface area (Å²) in [5.41, 5.74) is 8.97. The lowest BCUT2D eigenvalue weighted by molar-refractivity contribution is 0.592. The standard InChI is InChI=1S/C14H16FN3/c1-8-6-9(2)13(11(15)7-8)14(16)12-4-5-17-10(3)18-12/h4-7,14H,16H2,1-3H3. The Bertz CT molecular complexity index is 558. The normalized spacial score (nSPS) is 12.5. The Labute approximate surface area is 106 Å². The van der Waals surface area contributed by atoms with Gasteiger partial charge in [0.25, 0.3) is 0 Å². The number of halogens is 1. The predicted molar refractivity (Wildman–Crippen MR) is 68.7 cm³/mol. The highest BCUT2D eigenvalue weighted by molar-refractivity contribution is 5.37. The fourth-order valence-electron chi connectivity index (χ4n) is 2.12. The van der Waals surface area contributed by atoms with Gasteiger partial charge in [-0.3, -0.25) is 0 Å². The van der Waals surface area contributed by atoms with E-state index in [0.717, 1.165) is 11.1 Å². The van der Waals surface area contributed by atoms with E-state index in [2.05, 4.69) is 9.97 Å². The van der Waals surface area contributed by atoms with Gasteiger partial charge in [0.1, 0.15) is 11.6 Å². The molecule has 0 aliphatic heterocycles. The van der Waals surface area contributed by atoms with Crippen molar-refractivity contribution in [3.8, 4) is 0 Å². The predicted octanol–water partition coefficient (Wildman–Crippen LogP) is 2.59. The van der Waals surface area contributed by atoms with E-state index in [4.69, 9.17) is 5.73 Å². The van der Waals surface area contributed by atoms with Crippen LogP contribution in [0.25, 0.3) is 0 Å². The molecule has 2 rings (SSSR count). The maximum absolute atomic E-state index is 14.0. The highest BCUT2D eigenvalue weighted by Gasteiger charge is 2.18. The second kappa shape index (κ2) is 4.82. The van der Waals surface area contributed by atoms with Crippen LogP contribution in [0, 0.1) is 26.6 Å². The van der Waals surface area contributed by atoms with Crippen LogP contribution in [0.1, 0.15) is 34.3 Å². The van der Waals surface area contributed by atoms with Gasteiger partial charge in [-0.25, -0.2) is 14.4 Å². The Hall–Kier alpha value is -1.81. The summed E-state index contributed by atoms with van der Waals surface area (Å²) in [4.78, 5) is 8.27. The molecule has 0 amide bonds. The minimum Gasteiger partial charge on any atom is -0.319 e. The molecule has 3 nitrogen and oxygen atoms in total. The van der Waals surface area contributed by atoms with Crippen molar-refractivity contribution in [1.82, 2.24) is 9.97 Å². The first-order chi connectivity index (χ1) is 8.49. The minimum absolute atomic E-state index is 0.281. The molecule has 0 saturated carbocycles. The second-order valence-electron chi connectivity index (χ2n) is 4.48. The van der Waals surface area contributed by atoms with Crippen molar-refractivity contribution in [2.75, 3.05) is 0 Å². The van der Waals surface area contributed by atoms with Crippen molar-refractivity contribution in [2.45, 2.75) is 26.8 Å². The molecule has 4 heteroatoms. The monoisotopic (exact) mass is 245 g/mol. The Kier molecular flexibility index (Phi) is 3.39. The minimum atomic E-state index is -0.563. The molecule has 94 valence electrons. The van der Waals surface area contributed by atoms with Crippen molar-refractivity contribution < 1.29 is 4.39 Å². The van der Waals surface area contributed by atoms with Gasteiger partial charge in [0, 0.05) is 11.8 Å². The third-order valence-electron chi connectivity index (χ3n) is 2.91. The molecule has 0 aliphatic carbocycles. The largest absolute Gasteiger partial charge is 0.319 e. The van der Waals surface area contributed by atoms with Gasteiger partial charge in [-0.15, -0.1) is 0 Å². The SMILES string of the molecule is Cc1cc(C)c(C(N)c2ccnc(C)n2)c(F)c1. The number of hydrogen-bond acceptors (Lipinski definition) is 3. The highest BCUT2D eigenvalue weighted by atomic mass is 19.1.